The molecule has 2 N–H and O–H groups in total. The molecule has 1 rings (SSSR count). The van der Waals surface area contributed by atoms with E-state index in [1.165, 1.54) is 0 Å². The average molecular weight is 251 g/mol. The van der Waals surface area contributed by atoms with Gasteiger partial charge in [-0.15, -0.1) is 0 Å². The molecule has 0 aliphatic heterocycles. The van der Waals surface area contributed by atoms with E-state index >= 15 is 0 Å². The Labute approximate surface area is 110 Å². The highest BCUT2D eigenvalue weighted by Gasteiger charge is 2.08. The second kappa shape index (κ2) is 7.39. The van der Waals surface area contributed by atoms with Gasteiger partial charge in [0.1, 0.15) is 5.75 Å². The molecular weight excluding hydrogens is 226 g/mol. The minimum Gasteiger partial charge on any atom is -0.491 e. The average Bonchev–Trinajstić information content (AvgIpc) is 2.27. The minimum absolute atomic E-state index is 0.149. The van der Waals surface area contributed by atoms with Crippen LogP contribution in [0, 0.1) is 5.92 Å². The van der Waals surface area contributed by atoms with Crippen LogP contribution in [0.4, 0.5) is 0 Å². The lowest BCUT2D eigenvalue weighted by atomic mass is 10.1. The van der Waals surface area contributed by atoms with Gasteiger partial charge in [-0.05, 0) is 44.0 Å². The Hall–Kier alpha value is -1.06. The first-order valence-electron chi connectivity index (χ1n) is 6.64. The molecule has 1 unspecified atom stereocenters. The first-order chi connectivity index (χ1) is 8.49. The van der Waals surface area contributed by atoms with Crippen molar-refractivity contribution >= 4 is 0 Å². The van der Waals surface area contributed by atoms with Crippen molar-refractivity contribution in [3.8, 4) is 5.75 Å². The topological polar surface area (TPSA) is 41.5 Å². The van der Waals surface area contributed by atoms with Crippen molar-refractivity contribution in [3.05, 3.63) is 29.8 Å². The summed E-state index contributed by atoms with van der Waals surface area (Å²) in [7, 11) is 0. The van der Waals surface area contributed by atoms with Gasteiger partial charge in [-0.1, -0.05) is 26.0 Å². The molecule has 1 aromatic carbocycles. The summed E-state index contributed by atoms with van der Waals surface area (Å²) in [4.78, 5) is 0. The molecule has 0 aromatic heterocycles. The van der Waals surface area contributed by atoms with Crippen LogP contribution in [0.15, 0.2) is 24.3 Å². The van der Waals surface area contributed by atoms with Crippen molar-refractivity contribution in [1.82, 2.24) is 5.32 Å². The molecule has 102 valence electrons. The zero-order valence-corrected chi connectivity index (χ0v) is 11.8. The predicted molar refractivity (Wildman–Crippen MR) is 74.9 cm³/mol. The number of benzene rings is 1. The summed E-state index contributed by atoms with van der Waals surface area (Å²) >= 11 is 0. The number of hydrogen-bond acceptors (Lipinski definition) is 3. The lowest BCUT2D eigenvalue weighted by Gasteiger charge is -2.15. The molecule has 0 amide bonds. The van der Waals surface area contributed by atoms with E-state index in [-0.39, 0.29) is 6.10 Å². The first kappa shape index (κ1) is 15.0. The fourth-order valence-corrected chi connectivity index (χ4v) is 1.69. The number of aliphatic hydroxyl groups excluding tert-OH is 1. The number of rotatable bonds is 7. The summed E-state index contributed by atoms with van der Waals surface area (Å²) in [6.07, 6.45) is -0.337. The third-order valence-corrected chi connectivity index (χ3v) is 2.50. The van der Waals surface area contributed by atoms with Crippen molar-refractivity contribution in [2.75, 3.05) is 13.1 Å². The maximum Gasteiger partial charge on any atom is 0.120 e. The summed E-state index contributed by atoms with van der Waals surface area (Å²) in [6, 6.07) is 7.66. The molecule has 0 fully saturated rings. The third kappa shape index (κ3) is 5.52. The number of aliphatic hydroxyl groups is 1. The van der Waals surface area contributed by atoms with Crippen LogP contribution >= 0.6 is 0 Å². The quantitative estimate of drug-likeness (QED) is 0.783. The van der Waals surface area contributed by atoms with Crippen LogP contribution in [0.3, 0.4) is 0 Å². The summed E-state index contributed by atoms with van der Waals surface area (Å²) in [5.41, 5.74) is 0.893. The molecule has 3 heteroatoms. The van der Waals surface area contributed by atoms with Gasteiger partial charge in [0, 0.05) is 6.54 Å². The van der Waals surface area contributed by atoms with Gasteiger partial charge in [-0.25, -0.2) is 0 Å². The molecule has 0 heterocycles. The zero-order chi connectivity index (χ0) is 13.5. The van der Waals surface area contributed by atoms with Crippen molar-refractivity contribution in [1.29, 1.82) is 0 Å². The molecule has 0 aliphatic carbocycles. The van der Waals surface area contributed by atoms with E-state index < -0.39 is 6.10 Å². The number of hydrogen-bond donors (Lipinski definition) is 2. The fourth-order valence-electron chi connectivity index (χ4n) is 1.69. The maximum absolute atomic E-state index is 10.1. The van der Waals surface area contributed by atoms with Crippen LogP contribution in [0.2, 0.25) is 0 Å². The summed E-state index contributed by atoms with van der Waals surface area (Å²) in [6.45, 7) is 9.77. The van der Waals surface area contributed by atoms with Crippen molar-refractivity contribution < 1.29 is 9.84 Å². The second-order valence-corrected chi connectivity index (χ2v) is 5.31. The van der Waals surface area contributed by atoms with E-state index in [1.807, 2.05) is 38.1 Å². The smallest absolute Gasteiger partial charge is 0.120 e. The van der Waals surface area contributed by atoms with Gasteiger partial charge in [-0.3, -0.25) is 0 Å². The molecule has 0 saturated carbocycles. The highest BCUT2D eigenvalue weighted by molar-refractivity contribution is 5.30. The van der Waals surface area contributed by atoms with Gasteiger partial charge in [0.25, 0.3) is 0 Å². The highest BCUT2D eigenvalue weighted by Crippen LogP contribution is 2.19. The zero-order valence-electron chi connectivity index (χ0n) is 11.8. The van der Waals surface area contributed by atoms with E-state index in [0.717, 1.165) is 17.9 Å². The normalized spacial score (nSPS) is 13.1. The maximum atomic E-state index is 10.1. The van der Waals surface area contributed by atoms with E-state index in [2.05, 4.69) is 19.2 Å². The molecule has 1 atom stereocenters. The van der Waals surface area contributed by atoms with Crippen molar-refractivity contribution in [2.24, 2.45) is 5.92 Å². The Morgan fingerprint density at radius 2 is 1.89 bits per heavy atom. The highest BCUT2D eigenvalue weighted by atomic mass is 16.5. The fraction of sp³-hybridized carbons (Fsp3) is 0.600. The molecule has 18 heavy (non-hydrogen) atoms. The predicted octanol–water partition coefficient (Wildman–Crippen LogP) is 2.75. The summed E-state index contributed by atoms with van der Waals surface area (Å²) < 4.78 is 5.62. The van der Waals surface area contributed by atoms with Gasteiger partial charge >= 0.3 is 0 Å². The van der Waals surface area contributed by atoms with E-state index in [9.17, 15) is 5.11 Å². The molecule has 1 aromatic rings. The molecule has 0 bridgehead atoms. The third-order valence-electron chi connectivity index (χ3n) is 2.50. The van der Waals surface area contributed by atoms with Gasteiger partial charge in [0.15, 0.2) is 0 Å². The van der Waals surface area contributed by atoms with Gasteiger partial charge in [-0.2, -0.15) is 0 Å². The van der Waals surface area contributed by atoms with Crippen LogP contribution in [-0.4, -0.2) is 24.3 Å². The molecule has 0 spiro atoms. The molecular formula is C15H25NO2. The van der Waals surface area contributed by atoms with Gasteiger partial charge < -0.3 is 15.2 Å². The van der Waals surface area contributed by atoms with Crippen LogP contribution < -0.4 is 10.1 Å². The lowest BCUT2D eigenvalue weighted by molar-refractivity contribution is 0.172. The Morgan fingerprint density at radius 3 is 2.50 bits per heavy atom. The summed E-state index contributed by atoms with van der Waals surface area (Å²) in [5, 5.41) is 13.3. The van der Waals surface area contributed by atoms with Crippen molar-refractivity contribution in [3.63, 3.8) is 0 Å². The van der Waals surface area contributed by atoms with E-state index in [4.69, 9.17) is 4.74 Å². The Bertz CT molecular complexity index is 350. The van der Waals surface area contributed by atoms with Crippen LogP contribution in [0.25, 0.3) is 0 Å². The second-order valence-electron chi connectivity index (χ2n) is 5.31. The standard InChI is InChI=1S/C15H25NO2/c1-11(2)9-16-10-15(17)13-6-5-7-14(8-13)18-12(3)4/h5-8,11-12,15-17H,9-10H2,1-4H3. The minimum atomic E-state index is -0.487. The molecule has 3 nitrogen and oxygen atoms in total. The molecule has 0 saturated heterocycles. The van der Waals surface area contributed by atoms with Gasteiger partial charge in [0.05, 0.1) is 12.2 Å². The number of nitrogens with one attached hydrogen (secondary N) is 1. The first-order valence-corrected chi connectivity index (χ1v) is 6.64. The lowest BCUT2D eigenvalue weighted by Crippen LogP contribution is -2.25. The van der Waals surface area contributed by atoms with Crippen LogP contribution in [-0.2, 0) is 0 Å². The Kier molecular flexibility index (Phi) is 6.16. The molecule has 0 radical (unpaired) electrons. The monoisotopic (exact) mass is 251 g/mol. The Morgan fingerprint density at radius 1 is 1.17 bits per heavy atom. The van der Waals surface area contributed by atoms with Crippen LogP contribution in [0.1, 0.15) is 39.4 Å². The largest absolute Gasteiger partial charge is 0.491 e. The molecule has 0 aliphatic rings. The van der Waals surface area contributed by atoms with E-state index in [0.29, 0.717) is 12.5 Å². The summed E-state index contributed by atoms with van der Waals surface area (Å²) in [5.74, 6) is 1.40. The Balaban J connectivity index is 2.54. The van der Waals surface area contributed by atoms with Crippen molar-refractivity contribution in [2.45, 2.75) is 39.9 Å². The SMILES string of the molecule is CC(C)CNCC(O)c1cccc(OC(C)C)c1. The number of ether oxygens (including phenoxy) is 1. The van der Waals surface area contributed by atoms with Crippen LogP contribution in [0.5, 0.6) is 5.75 Å². The van der Waals surface area contributed by atoms with Gasteiger partial charge in [0.2, 0.25) is 0 Å². The van der Waals surface area contributed by atoms with E-state index in [1.54, 1.807) is 0 Å².